The molecule has 1 aromatic carbocycles. The van der Waals surface area contributed by atoms with Crippen molar-refractivity contribution in [3.63, 3.8) is 0 Å². The molecule has 1 heterocycles. The third kappa shape index (κ3) is 4.30. The highest BCUT2D eigenvalue weighted by Crippen LogP contribution is 2.13. The number of benzene rings is 1. The summed E-state index contributed by atoms with van der Waals surface area (Å²) in [4.78, 5) is 11.8. The maximum atomic E-state index is 12.0. The Morgan fingerprint density at radius 1 is 1.27 bits per heavy atom. The summed E-state index contributed by atoms with van der Waals surface area (Å²) in [6, 6.07) is 7.28. The van der Waals surface area contributed by atoms with Crippen LogP contribution in [-0.2, 0) is 10.0 Å². The molecule has 7 nitrogen and oxygen atoms in total. The van der Waals surface area contributed by atoms with Gasteiger partial charge < -0.3 is 9.84 Å². The van der Waals surface area contributed by atoms with Gasteiger partial charge in [0.1, 0.15) is 5.76 Å². The average Bonchev–Trinajstić information content (AvgIpc) is 2.90. The van der Waals surface area contributed by atoms with Crippen LogP contribution in [0.2, 0.25) is 5.02 Å². The van der Waals surface area contributed by atoms with Crippen molar-refractivity contribution in [2.75, 3.05) is 13.1 Å². The molecule has 1 amide bonds. The molecule has 0 spiro atoms. The Kier molecular flexibility index (Phi) is 5.17. The summed E-state index contributed by atoms with van der Waals surface area (Å²) < 4.78 is 31.1. The van der Waals surface area contributed by atoms with Gasteiger partial charge in [-0.3, -0.25) is 4.79 Å². The molecular weight excluding hydrogens is 330 g/mol. The molecule has 0 bridgehead atoms. The smallest absolute Gasteiger partial charge is 0.273 e. The second kappa shape index (κ2) is 6.91. The van der Waals surface area contributed by atoms with Crippen molar-refractivity contribution >= 4 is 27.5 Å². The first-order chi connectivity index (χ1) is 10.4. The summed E-state index contributed by atoms with van der Waals surface area (Å²) in [7, 11) is -3.63. The Morgan fingerprint density at radius 2 is 1.95 bits per heavy atom. The molecule has 0 radical (unpaired) electrons. The molecule has 0 aliphatic rings. The molecule has 0 saturated carbocycles. The maximum absolute atomic E-state index is 12.0. The van der Waals surface area contributed by atoms with E-state index in [0.29, 0.717) is 10.8 Å². The molecule has 1 aromatic heterocycles. The fourth-order valence-corrected chi connectivity index (χ4v) is 2.78. The number of hydrogen-bond acceptors (Lipinski definition) is 5. The van der Waals surface area contributed by atoms with E-state index in [1.807, 2.05) is 0 Å². The Bertz CT molecular complexity index is 756. The van der Waals surface area contributed by atoms with Crippen LogP contribution in [0.4, 0.5) is 0 Å². The summed E-state index contributed by atoms with van der Waals surface area (Å²) in [5.41, 5.74) is 0.151. The first-order valence-corrected chi connectivity index (χ1v) is 8.21. The lowest BCUT2D eigenvalue weighted by Crippen LogP contribution is -2.34. The molecular formula is C13H14ClN3O4S. The van der Waals surface area contributed by atoms with Crippen LogP contribution >= 0.6 is 11.6 Å². The zero-order chi connectivity index (χ0) is 16.2. The SMILES string of the molecule is Cc1cc(C(=O)NCCNS(=O)(=O)c2ccc(Cl)cc2)no1. The number of halogens is 1. The van der Waals surface area contributed by atoms with E-state index in [2.05, 4.69) is 15.2 Å². The van der Waals surface area contributed by atoms with E-state index in [9.17, 15) is 13.2 Å². The maximum Gasteiger partial charge on any atom is 0.273 e. The van der Waals surface area contributed by atoms with Crippen LogP contribution in [0.25, 0.3) is 0 Å². The Balaban J connectivity index is 1.83. The number of carbonyl (C=O) groups is 1. The molecule has 0 unspecified atom stereocenters. The van der Waals surface area contributed by atoms with Crippen LogP contribution in [0, 0.1) is 6.92 Å². The second-order valence-corrected chi connectivity index (χ2v) is 6.63. The Labute approximate surface area is 132 Å². The Morgan fingerprint density at radius 3 is 2.55 bits per heavy atom. The number of nitrogens with one attached hydrogen (secondary N) is 2. The normalized spacial score (nSPS) is 11.4. The van der Waals surface area contributed by atoms with E-state index >= 15 is 0 Å². The highest BCUT2D eigenvalue weighted by atomic mass is 35.5. The van der Waals surface area contributed by atoms with Crippen LogP contribution in [0.1, 0.15) is 16.2 Å². The minimum Gasteiger partial charge on any atom is -0.361 e. The van der Waals surface area contributed by atoms with Gasteiger partial charge in [-0.25, -0.2) is 13.1 Å². The number of sulfonamides is 1. The van der Waals surface area contributed by atoms with Crippen molar-refractivity contribution in [3.05, 3.63) is 46.8 Å². The van der Waals surface area contributed by atoms with Gasteiger partial charge in [-0.2, -0.15) is 0 Å². The third-order valence-electron chi connectivity index (χ3n) is 2.69. The van der Waals surface area contributed by atoms with Crippen molar-refractivity contribution in [1.29, 1.82) is 0 Å². The monoisotopic (exact) mass is 343 g/mol. The second-order valence-electron chi connectivity index (χ2n) is 4.43. The zero-order valence-corrected chi connectivity index (χ0v) is 13.2. The fraction of sp³-hybridized carbons (Fsp3) is 0.231. The molecule has 2 rings (SSSR count). The van der Waals surface area contributed by atoms with Crippen LogP contribution in [-0.4, -0.2) is 32.6 Å². The standard InChI is InChI=1S/C13H14ClN3O4S/c1-9-8-12(17-21-9)13(18)15-6-7-16-22(19,20)11-4-2-10(14)3-5-11/h2-5,8,16H,6-7H2,1H3,(H,15,18). The molecule has 2 aromatic rings. The molecule has 0 atom stereocenters. The van der Waals surface area contributed by atoms with Crippen molar-refractivity contribution in [2.24, 2.45) is 0 Å². The Hall–Kier alpha value is -1.90. The summed E-state index contributed by atoms with van der Waals surface area (Å²) in [5.74, 6) is 0.0936. The van der Waals surface area contributed by atoms with Gasteiger partial charge in [0.05, 0.1) is 4.90 Å². The number of aryl methyl sites for hydroxylation is 1. The highest BCUT2D eigenvalue weighted by molar-refractivity contribution is 7.89. The topological polar surface area (TPSA) is 101 Å². The van der Waals surface area contributed by atoms with Gasteiger partial charge >= 0.3 is 0 Å². The van der Waals surface area contributed by atoms with Gasteiger partial charge in [0, 0.05) is 24.2 Å². The van der Waals surface area contributed by atoms with Gasteiger partial charge in [-0.05, 0) is 31.2 Å². The number of hydrogen-bond donors (Lipinski definition) is 2. The van der Waals surface area contributed by atoms with E-state index in [0.717, 1.165) is 0 Å². The predicted molar refractivity (Wildman–Crippen MR) is 80.2 cm³/mol. The predicted octanol–water partition coefficient (Wildman–Crippen LogP) is 1.34. The van der Waals surface area contributed by atoms with E-state index in [1.165, 1.54) is 30.3 Å². The molecule has 9 heteroatoms. The van der Waals surface area contributed by atoms with Gasteiger partial charge in [0.15, 0.2) is 5.69 Å². The summed E-state index contributed by atoms with van der Waals surface area (Å²) >= 11 is 5.71. The zero-order valence-electron chi connectivity index (χ0n) is 11.7. The number of amides is 1. The van der Waals surface area contributed by atoms with Crippen LogP contribution in [0.5, 0.6) is 0 Å². The summed E-state index contributed by atoms with van der Waals surface area (Å²) in [6.07, 6.45) is 0. The van der Waals surface area contributed by atoms with Crippen molar-refractivity contribution in [1.82, 2.24) is 15.2 Å². The summed E-state index contributed by atoms with van der Waals surface area (Å²) in [6.45, 7) is 1.84. The number of nitrogens with zero attached hydrogens (tertiary/aromatic N) is 1. The van der Waals surface area contributed by atoms with Gasteiger partial charge in [0.25, 0.3) is 5.91 Å². The number of aromatic nitrogens is 1. The minimum absolute atomic E-state index is 0.0491. The van der Waals surface area contributed by atoms with E-state index in [4.69, 9.17) is 16.1 Å². The van der Waals surface area contributed by atoms with Crippen LogP contribution < -0.4 is 10.0 Å². The van der Waals surface area contributed by atoms with Crippen molar-refractivity contribution in [3.8, 4) is 0 Å². The largest absolute Gasteiger partial charge is 0.361 e. The lowest BCUT2D eigenvalue weighted by molar-refractivity contribution is 0.0945. The summed E-state index contributed by atoms with van der Waals surface area (Å²) in [5, 5.41) is 6.55. The van der Waals surface area contributed by atoms with E-state index in [-0.39, 0.29) is 23.7 Å². The van der Waals surface area contributed by atoms with Crippen molar-refractivity contribution < 1.29 is 17.7 Å². The molecule has 22 heavy (non-hydrogen) atoms. The average molecular weight is 344 g/mol. The lowest BCUT2D eigenvalue weighted by atomic mass is 10.3. The van der Waals surface area contributed by atoms with Gasteiger partial charge in [-0.15, -0.1) is 0 Å². The lowest BCUT2D eigenvalue weighted by Gasteiger charge is -2.07. The quantitative estimate of drug-likeness (QED) is 0.771. The molecule has 0 fully saturated rings. The minimum atomic E-state index is -3.63. The van der Waals surface area contributed by atoms with Gasteiger partial charge in [-0.1, -0.05) is 16.8 Å². The van der Waals surface area contributed by atoms with Crippen molar-refractivity contribution in [2.45, 2.75) is 11.8 Å². The third-order valence-corrected chi connectivity index (χ3v) is 4.42. The van der Waals surface area contributed by atoms with E-state index in [1.54, 1.807) is 6.92 Å². The first-order valence-electron chi connectivity index (χ1n) is 6.35. The molecule has 0 aliphatic heterocycles. The molecule has 2 N–H and O–H groups in total. The van der Waals surface area contributed by atoms with Gasteiger partial charge in [0.2, 0.25) is 10.0 Å². The molecule has 0 saturated heterocycles. The number of carbonyl (C=O) groups excluding carboxylic acids is 1. The van der Waals surface area contributed by atoms with Crippen LogP contribution in [0.15, 0.2) is 39.8 Å². The molecule has 0 aliphatic carbocycles. The fourth-order valence-electron chi connectivity index (χ4n) is 1.62. The molecule has 118 valence electrons. The highest BCUT2D eigenvalue weighted by Gasteiger charge is 2.14. The first kappa shape index (κ1) is 16.5. The number of rotatable bonds is 6. The van der Waals surface area contributed by atoms with Crippen LogP contribution in [0.3, 0.4) is 0 Å². The van der Waals surface area contributed by atoms with E-state index < -0.39 is 15.9 Å².